The molecule has 3 aromatic rings. The summed E-state index contributed by atoms with van der Waals surface area (Å²) in [6.45, 7) is 0. The third-order valence-corrected chi connectivity index (χ3v) is 2.72. The maximum Gasteiger partial charge on any atom is 0.140 e. The summed E-state index contributed by atoms with van der Waals surface area (Å²) in [7, 11) is 1.88. The van der Waals surface area contributed by atoms with Gasteiger partial charge in [-0.1, -0.05) is 29.8 Å². The van der Waals surface area contributed by atoms with E-state index in [1.807, 2.05) is 37.5 Å². The summed E-state index contributed by atoms with van der Waals surface area (Å²) in [6, 6.07) is 7.87. The molecule has 3 rings (SSSR count). The first-order valence-electron chi connectivity index (χ1n) is 4.63. The number of aromatic nitrogens is 3. The van der Waals surface area contributed by atoms with Crippen LogP contribution in [0, 0.1) is 0 Å². The van der Waals surface area contributed by atoms with Gasteiger partial charge in [0.2, 0.25) is 0 Å². The van der Waals surface area contributed by atoms with E-state index in [4.69, 9.17) is 11.6 Å². The fraction of sp³-hybridized carbons (Fsp3) is 0.0909. The maximum absolute atomic E-state index is 6.08. The molecular weight excluding hydrogens is 210 g/mol. The zero-order valence-corrected chi connectivity index (χ0v) is 8.86. The Hall–Kier alpha value is -1.61. The van der Waals surface area contributed by atoms with Crippen molar-refractivity contribution in [1.82, 2.24) is 14.8 Å². The van der Waals surface area contributed by atoms with Crippen LogP contribution >= 0.6 is 11.6 Å². The molecule has 3 nitrogen and oxygen atoms in total. The fourth-order valence-corrected chi connectivity index (χ4v) is 2.01. The Morgan fingerprint density at radius 2 is 2.00 bits per heavy atom. The molecule has 0 amide bonds. The van der Waals surface area contributed by atoms with Crippen molar-refractivity contribution in [3.63, 3.8) is 0 Å². The number of halogens is 1. The molecule has 0 bridgehead atoms. The minimum atomic E-state index is 0.511. The average Bonchev–Trinajstić information content (AvgIpc) is 2.61. The number of para-hydroxylation sites is 1. The molecular formula is C11H8ClN3. The largest absolute Gasteiger partial charge is 0.274 e. The minimum absolute atomic E-state index is 0.511. The maximum atomic E-state index is 6.08. The molecule has 2 heterocycles. The molecule has 0 fully saturated rings. The number of pyridine rings is 1. The van der Waals surface area contributed by atoms with Crippen LogP contribution in [0.15, 0.2) is 30.5 Å². The van der Waals surface area contributed by atoms with E-state index >= 15 is 0 Å². The zero-order chi connectivity index (χ0) is 10.4. The van der Waals surface area contributed by atoms with Gasteiger partial charge in [0.05, 0.1) is 10.9 Å². The highest BCUT2D eigenvalue weighted by molar-refractivity contribution is 6.35. The number of aryl methyl sites for hydroxylation is 1. The van der Waals surface area contributed by atoms with Crippen LogP contribution in [0.4, 0.5) is 0 Å². The van der Waals surface area contributed by atoms with Gasteiger partial charge in [0, 0.05) is 18.6 Å². The number of rotatable bonds is 0. The Morgan fingerprint density at radius 1 is 1.20 bits per heavy atom. The Balaban J connectivity index is 2.63. The average molecular weight is 218 g/mol. The Morgan fingerprint density at radius 3 is 2.87 bits per heavy atom. The quantitative estimate of drug-likeness (QED) is 0.542. The van der Waals surface area contributed by atoms with E-state index in [0.717, 1.165) is 21.8 Å². The third kappa shape index (κ3) is 1.20. The SMILES string of the molecule is Cn1cc2c(Cl)nc3ccccc3c2n1. The molecule has 0 radical (unpaired) electrons. The first-order valence-corrected chi connectivity index (χ1v) is 5.01. The monoisotopic (exact) mass is 217 g/mol. The highest BCUT2D eigenvalue weighted by Crippen LogP contribution is 2.27. The lowest BCUT2D eigenvalue weighted by Gasteiger charge is -1.98. The van der Waals surface area contributed by atoms with Crippen LogP contribution in [-0.4, -0.2) is 14.8 Å². The second-order valence-electron chi connectivity index (χ2n) is 3.48. The summed E-state index contributed by atoms with van der Waals surface area (Å²) >= 11 is 6.08. The van der Waals surface area contributed by atoms with Crippen molar-refractivity contribution in [2.75, 3.05) is 0 Å². The molecule has 0 saturated heterocycles. The van der Waals surface area contributed by atoms with E-state index in [-0.39, 0.29) is 0 Å². The van der Waals surface area contributed by atoms with Crippen molar-refractivity contribution in [2.45, 2.75) is 0 Å². The van der Waals surface area contributed by atoms with Gasteiger partial charge in [0.1, 0.15) is 10.7 Å². The van der Waals surface area contributed by atoms with Crippen LogP contribution in [-0.2, 0) is 7.05 Å². The summed E-state index contributed by atoms with van der Waals surface area (Å²) in [4.78, 5) is 4.33. The van der Waals surface area contributed by atoms with Gasteiger partial charge in [-0.3, -0.25) is 4.68 Å². The van der Waals surface area contributed by atoms with E-state index in [1.54, 1.807) is 4.68 Å². The summed E-state index contributed by atoms with van der Waals surface area (Å²) < 4.78 is 1.75. The molecule has 0 unspecified atom stereocenters. The normalized spacial score (nSPS) is 11.3. The Labute approximate surface area is 91.3 Å². The molecule has 0 atom stereocenters. The summed E-state index contributed by atoms with van der Waals surface area (Å²) in [5, 5.41) is 6.85. The van der Waals surface area contributed by atoms with Gasteiger partial charge in [-0.2, -0.15) is 5.10 Å². The topological polar surface area (TPSA) is 30.7 Å². The lowest BCUT2D eigenvalue weighted by Crippen LogP contribution is -1.85. The first kappa shape index (κ1) is 8.68. The van der Waals surface area contributed by atoms with Gasteiger partial charge in [0.25, 0.3) is 0 Å². The lowest BCUT2D eigenvalue weighted by molar-refractivity contribution is 0.780. The van der Waals surface area contributed by atoms with E-state index < -0.39 is 0 Å². The van der Waals surface area contributed by atoms with Crippen molar-refractivity contribution < 1.29 is 0 Å². The van der Waals surface area contributed by atoms with Gasteiger partial charge >= 0.3 is 0 Å². The van der Waals surface area contributed by atoms with Crippen molar-refractivity contribution in [2.24, 2.45) is 7.05 Å². The number of fused-ring (bicyclic) bond motifs is 3. The van der Waals surface area contributed by atoms with E-state index in [2.05, 4.69) is 10.1 Å². The number of benzene rings is 1. The predicted octanol–water partition coefficient (Wildman–Crippen LogP) is 2.77. The van der Waals surface area contributed by atoms with E-state index in [1.165, 1.54) is 0 Å². The molecule has 74 valence electrons. The molecule has 0 spiro atoms. The Kier molecular flexibility index (Phi) is 1.70. The van der Waals surface area contributed by atoms with Crippen LogP contribution in [0.1, 0.15) is 0 Å². The van der Waals surface area contributed by atoms with Gasteiger partial charge in [-0.25, -0.2) is 4.98 Å². The highest BCUT2D eigenvalue weighted by atomic mass is 35.5. The predicted molar refractivity (Wildman–Crippen MR) is 61.0 cm³/mol. The van der Waals surface area contributed by atoms with Crippen molar-refractivity contribution in [1.29, 1.82) is 0 Å². The van der Waals surface area contributed by atoms with Gasteiger partial charge in [0.15, 0.2) is 0 Å². The molecule has 0 aliphatic rings. The lowest BCUT2D eigenvalue weighted by atomic mass is 10.2. The third-order valence-electron chi connectivity index (χ3n) is 2.43. The molecule has 4 heteroatoms. The molecule has 15 heavy (non-hydrogen) atoms. The fourth-order valence-electron chi connectivity index (χ4n) is 1.78. The zero-order valence-electron chi connectivity index (χ0n) is 8.11. The smallest absolute Gasteiger partial charge is 0.140 e. The van der Waals surface area contributed by atoms with Gasteiger partial charge in [-0.05, 0) is 6.07 Å². The minimum Gasteiger partial charge on any atom is -0.274 e. The van der Waals surface area contributed by atoms with Crippen LogP contribution in [0.5, 0.6) is 0 Å². The molecule has 0 saturated carbocycles. The number of hydrogen-bond acceptors (Lipinski definition) is 2. The summed E-state index contributed by atoms with van der Waals surface area (Å²) in [5.41, 5.74) is 1.79. The van der Waals surface area contributed by atoms with Crippen LogP contribution < -0.4 is 0 Å². The van der Waals surface area contributed by atoms with Crippen LogP contribution in [0.25, 0.3) is 21.8 Å². The second kappa shape index (κ2) is 2.94. The second-order valence-corrected chi connectivity index (χ2v) is 3.84. The van der Waals surface area contributed by atoms with Crippen LogP contribution in [0.2, 0.25) is 5.15 Å². The molecule has 0 aliphatic heterocycles. The van der Waals surface area contributed by atoms with Crippen molar-refractivity contribution >= 4 is 33.4 Å². The van der Waals surface area contributed by atoms with Crippen molar-refractivity contribution in [3.8, 4) is 0 Å². The number of hydrogen-bond donors (Lipinski definition) is 0. The molecule has 0 aliphatic carbocycles. The summed E-state index contributed by atoms with van der Waals surface area (Å²) in [6.07, 6.45) is 1.89. The van der Waals surface area contributed by atoms with Gasteiger partial charge in [-0.15, -0.1) is 0 Å². The molecule has 1 aromatic carbocycles. The number of nitrogens with zero attached hydrogens (tertiary/aromatic N) is 3. The van der Waals surface area contributed by atoms with Crippen LogP contribution in [0.3, 0.4) is 0 Å². The molecule has 0 N–H and O–H groups in total. The highest BCUT2D eigenvalue weighted by Gasteiger charge is 2.09. The van der Waals surface area contributed by atoms with E-state index in [9.17, 15) is 0 Å². The summed E-state index contributed by atoms with van der Waals surface area (Å²) in [5.74, 6) is 0. The first-order chi connectivity index (χ1) is 7.25. The Bertz CT molecular complexity index is 657. The van der Waals surface area contributed by atoms with Gasteiger partial charge < -0.3 is 0 Å². The van der Waals surface area contributed by atoms with E-state index in [0.29, 0.717) is 5.15 Å². The van der Waals surface area contributed by atoms with Crippen molar-refractivity contribution in [3.05, 3.63) is 35.6 Å². The standard InChI is InChI=1S/C11H8ClN3/c1-15-6-8-10(14-15)7-4-2-3-5-9(7)13-11(8)12/h2-6H,1H3. The molecule has 2 aromatic heterocycles.